The highest BCUT2D eigenvalue weighted by molar-refractivity contribution is 5.61. The number of piperidine rings is 1. The Morgan fingerprint density at radius 3 is 2.45 bits per heavy atom. The molecule has 1 aromatic heterocycles. The van der Waals surface area contributed by atoms with Crippen molar-refractivity contribution in [2.75, 3.05) is 35.7 Å². The summed E-state index contributed by atoms with van der Waals surface area (Å²) < 4.78 is 5.18. The molecular weight excluding hydrogens is 364 g/mol. The first-order chi connectivity index (χ1) is 14.3. The highest BCUT2D eigenvalue weighted by Gasteiger charge is 2.10. The van der Waals surface area contributed by atoms with E-state index >= 15 is 0 Å². The van der Waals surface area contributed by atoms with Crippen LogP contribution in [0.25, 0.3) is 0 Å². The fourth-order valence-electron chi connectivity index (χ4n) is 3.42. The molecule has 0 radical (unpaired) electrons. The smallest absolute Gasteiger partial charge is 0.244 e. The second kappa shape index (κ2) is 9.23. The minimum atomic E-state index is 0.482. The maximum atomic E-state index is 5.18. The summed E-state index contributed by atoms with van der Waals surface area (Å²) >= 11 is 0. The van der Waals surface area contributed by atoms with Crippen LogP contribution in [0.3, 0.4) is 0 Å². The lowest BCUT2D eigenvalue weighted by molar-refractivity contribution is 0.414. The van der Waals surface area contributed by atoms with E-state index in [0.29, 0.717) is 18.3 Å². The fourth-order valence-corrected chi connectivity index (χ4v) is 3.42. The third kappa shape index (κ3) is 5.13. The molecule has 1 fully saturated rings. The van der Waals surface area contributed by atoms with Gasteiger partial charge >= 0.3 is 0 Å². The highest BCUT2D eigenvalue weighted by Crippen LogP contribution is 2.23. The number of benzene rings is 2. The fraction of sp³-hybridized carbons (Fsp3) is 0.318. The van der Waals surface area contributed by atoms with Gasteiger partial charge in [0.15, 0.2) is 5.82 Å². The summed E-state index contributed by atoms with van der Waals surface area (Å²) in [4.78, 5) is 6.94. The summed E-state index contributed by atoms with van der Waals surface area (Å²) in [6.07, 6.45) is 5.51. The molecule has 2 aromatic carbocycles. The van der Waals surface area contributed by atoms with E-state index in [1.54, 1.807) is 13.3 Å². The van der Waals surface area contributed by atoms with Gasteiger partial charge in [0.25, 0.3) is 0 Å². The Kier molecular flexibility index (Phi) is 6.04. The minimum absolute atomic E-state index is 0.482. The Balaban J connectivity index is 1.35. The topological polar surface area (TPSA) is 75.2 Å². The summed E-state index contributed by atoms with van der Waals surface area (Å²) in [7, 11) is 1.66. The van der Waals surface area contributed by atoms with Crippen molar-refractivity contribution < 1.29 is 4.74 Å². The van der Waals surface area contributed by atoms with Gasteiger partial charge in [0, 0.05) is 31.0 Å². The monoisotopic (exact) mass is 390 g/mol. The minimum Gasteiger partial charge on any atom is -0.497 e. The molecule has 0 aliphatic carbocycles. The van der Waals surface area contributed by atoms with Crippen LogP contribution in [-0.2, 0) is 6.54 Å². The van der Waals surface area contributed by atoms with Crippen molar-refractivity contribution in [3.05, 3.63) is 60.3 Å². The van der Waals surface area contributed by atoms with E-state index in [1.807, 2.05) is 24.3 Å². The molecule has 2 N–H and O–H groups in total. The Bertz CT molecular complexity index is 907. The molecule has 7 nitrogen and oxygen atoms in total. The van der Waals surface area contributed by atoms with Gasteiger partial charge in [-0.3, -0.25) is 0 Å². The predicted octanol–water partition coefficient (Wildman–Crippen LogP) is 4.23. The lowest BCUT2D eigenvalue weighted by atomic mass is 10.1. The molecule has 150 valence electrons. The van der Waals surface area contributed by atoms with E-state index in [2.05, 4.69) is 55.0 Å². The van der Waals surface area contributed by atoms with Crippen LogP contribution in [-0.4, -0.2) is 35.4 Å². The van der Waals surface area contributed by atoms with E-state index in [1.165, 1.54) is 24.9 Å². The van der Waals surface area contributed by atoms with E-state index in [9.17, 15) is 0 Å². The number of nitrogens with zero attached hydrogens (tertiary/aromatic N) is 4. The number of ether oxygens (including phenoxy) is 1. The molecule has 3 aromatic rings. The molecule has 0 spiro atoms. The molecule has 29 heavy (non-hydrogen) atoms. The van der Waals surface area contributed by atoms with Crippen LogP contribution in [0.15, 0.2) is 54.7 Å². The van der Waals surface area contributed by atoms with E-state index in [0.717, 1.165) is 30.1 Å². The van der Waals surface area contributed by atoms with Crippen molar-refractivity contribution in [1.82, 2.24) is 15.2 Å². The lowest BCUT2D eigenvalue weighted by Gasteiger charge is -2.28. The van der Waals surface area contributed by atoms with Crippen molar-refractivity contribution in [1.29, 1.82) is 0 Å². The Labute approximate surface area is 171 Å². The average molecular weight is 390 g/mol. The quantitative estimate of drug-likeness (QED) is 0.625. The standard InChI is InChI=1S/C22H26N6O/c1-29-20-11-5-17(6-12-20)15-23-22-26-21(16-24-27-22)25-18-7-9-19(10-8-18)28-13-3-2-4-14-28/h5-12,16H,2-4,13-15H2,1H3,(H2,23,25,26,27). The first-order valence-corrected chi connectivity index (χ1v) is 9.99. The normalized spacial score (nSPS) is 13.8. The van der Waals surface area contributed by atoms with Gasteiger partial charge < -0.3 is 20.3 Å². The molecule has 4 rings (SSSR count). The van der Waals surface area contributed by atoms with Crippen LogP contribution in [0.4, 0.5) is 23.1 Å². The molecule has 2 heterocycles. The second-order valence-corrected chi connectivity index (χ2v) is 7.09. The van der Waals surface area contributed by atoms with Crippen LogP contribution >= 0.6 is 0 Å². The van der Waals surface area contributed by atoms with Crippen molar-refractivity contribution in [2.45, 2.75) is 25.8 Å². The van der Waals surface area contributed by atoms with Crippen molar-refractivity contribution >= 4 is 23.1 Å². The molecule has 1 aliphatic rings. The van der Waals surface area contributed by atoms with Gasteiger partial charge in [0.2, 0.25) is 5.95 Å². The molecule has 7 heteroatoms. The third-order valence-electron chi connectivity index (χ3n) is 5.03. The molecule has 0 bridgehead atoms. The predicted molar refractivity (Wildman–Crippen MR) is 116 cm³/mol. The number of aromatic nitrogens is 3. The maximum absolute atomic E-state index is 5.18. The number of hydrogen-bond donors (Lipinski definition) is 2. The Morgan fingerprint density at radius 1 is 0.966 bits per heavy atom. The number of nitrogens with one attached hydrogen (secondary N) is 2. The SMILES string of the molecule is COc1ccc(CNc2nncc(Nc3ccc(N4CCCCC4)cc3)n2)cc1. The molecular formula is C22H26N6O. The Hall–Kier alpha value is -3.35. The third-order valence-corrected chi connectivity index (χ3v) is 5.03. The average Bonchev–Trinajstić information content (AvgIpc) is 2.79. The molecule has 1 saturated heterocycles. The molecule has 1 aliphatic heterocycles. The van der Waals surface area contributed by atoms with Gasteiger partial charge in [-0.05, 0) is 61.2 Å². The van der Waals surface area contributed by atoms with E-state index in [4.69, 9.17) is 4.74 Å². The largest absolute Gasteiger partial charge is 0.497 e. The zero-order valence-electron chi connectivity index (χ0n) is 16.6. The summed E-state index contributed by atoms with van der Waals surface area (Å²) in [6.45, 7) is 2.90. The molecule has 0 atom stereocenters. The van der Waals surface area contributed by atoms with Crippen molar-refractivity contribution in [3.63, 3.8) is 0 Å². The first kappa shape index (κ1) is 19.0. The Morgan fingerprint density at radius 2 is 1.72 bits per heavy atom. The van der Waals surface area contributed by atoms with Gasteiger partial charge in [-0.1, -0.05) is 12.1 Å². The summed E-state index contributed by atoms with van der Waals surface area (Å²) in [6, 6.07) is 16.4. The molecule has 0 unspecified atom stereocenters. The highest BCUT2D eigenvalue weighted by atomic mass is 16.5. The zero-order chi connectivity index (χ0) is 19.9. The number of methoxy groups -OCH3 is 1. The van der Waals surface area contributed by atoms with Gasteiger partial charge in [0.05, 0.1) is 13.3 Å². The van der Waals surface area contributed by atoms with Crippen molar-refractivity contribution in [2.24, 2.45) is 0 Å². The van der Waals surface area contributed by atoms with Gasteiger partial charge in [-0.25, -0.2) is 0 Å². The van der Waals surface area contributed by atoms with Crippen LogP contribution in [0.2, 0.25) is 0 Å². The van der Waals surface area contributed by atoms with Gasteiger partial charge in [-0.15, -0.1) is 5.10 Å². The number of anilines is 4. The number of rotatable bonds is 7. The van der Waals surface area contributed by atoms with Crippen molar-refractivity contribution in [3.8, 4) is 5.75 Å². The second-order valence-electron chi connectivity index (χ2n) is 7.09. The first-order valence-electron chi connectivity index (χ1n) is 9.99. The zero-order valence-corrected chi connectivity index (χ0v) is 16.6. The van der Waals surface area contributed by atoms with Crippen LogP contribution in [0, 0.1) is 0 Å². The summed E-state index contributed by atoms with van der Waals surface area (Å²) in [5.41, 5.74) is 3.37. The molecule has 0 amide bonds. The molecule has 0 saturated carbocycles. The number of hydrogen-bond acceptors (Lipinski definition) is 7. The summed E-state index contributed by atoms with van der Waals surface area (Å²) in [5, 5.41) is 14.6. The van der Waals surface area contributed by atoms with Crippen LogP contribution in [0.1, 0.15) is 24.8 Å². The van der Waals surface area contributed by atoms with E-state index in [-0.39, 0.29) is 0 Å². The lowest BCUT2D eigenvalue weighted by Crippen LogP contribution is -2.29. The van der Waals surface area contributed by atoms with Gasteiger partial charge in [0.1, 0.15) is 5.75 Å². The summed E-state index contributed by atoms with van der Waals surface area (Å²) in [5.74, 6) is 1.97. The van der Waals surface area contributed by atoms with Gasteiger partial charge in [-0.2, -0.15) is 10.1 Å². The maximum Gasteiger partial charge on any atom is 0.244 e. The van der Waals surface area contributed by atoms with Crippen LogP contribution < -0.4 is 20.3 Å². The van der Waals surface area contributed by atoms with E-state index < -0.39 is 0 Å². The van der Waals surface area contributed by atoms with Crippen LogP contribution in [0.5, 0.6) is 5.75 Å².